The minimum Gasteiger partial charge on any atom is -0.633 e. The summed E-state index contributed by atoms with van der Waals surface area (Å²) in [4.78, 5) is 11.2. The van der Waals surface area contributed by atoms with Gasteiger partial charge < -0.3 is 15.2 Å². The molecular weight excluding hydrogens is 751 g/mol. The highest BCUT2D eigenvalue weighted by Gasteiger charge is 2.99. The Morgan fingerprint density at radius 3 is 0.936 bits per heavy atom. The summed E-state index contributed by atoms with van der Waals surface area (Å²) in [6, 6.07) is 0. The third kappa shape index (κ3) is 6.18. The zero-order valence-corrected chi connectivity index (χ0v) is 21.8. The van der Waals surface area contributed by atoms with Crippen LogP contribution in [0, 0.1) is 5.21 Å². The number of nitrogens with one attached hydrogen (secondary N) is 1. The summed E-state index contributed by atoms with van der Waals surface area (Å²) in [6.07, 6.45) is -9.05. The minimum atomic E-state index is -9.68. The summed E-state index contributed by atoms with van der Waals surface area (Å²) < 4.78 is 334. The molecule has 1 amide bonds. The van der Waals surface area contributed by atoms with Gasteiger partial charge in [-0.25, -0.2) is 0 Å². The van der Waals surface area contributed by atoms with E-state index in [-0.39, 0.29) is 0 Å². The summed E-state index contributed by atoms with van der Waals surface area (Å²) in [5.41, 5.74) is 0. The molecule has 0 heterocycles. The molecule has 4 nitrogen and oxygen atoms in total. The Morgan fingerprint density at radius 2 is 0.702 bits per heavy atom. The predicted molar refractivity (Wildman–Crippen MR) is 98.4 cm³/mol. The Kier molecular flexibility index (Phi) is 11.0. The molecule has 0 saturated heterocycles. The molecule has 47 heavy (non-hydrogen) atoms. The van der Waals surface area contributed by atoms with E-state index in [1.165, 1.54) is 0 Å². The van der Waals surface area contributed by atoms with E-state index >= 15 is 0 Å². The van der Waals surface area contributed by atoms with Crippen LogP contribution in [0.25, 0.3) is 0 Å². The van der Waals surface area contributed by atoms with E-state index in [4.69, 9.17) is 0 Å². The Labute approximate surface area is 242 Å². The van der Waals surface area contributed by atoms with Gasteiger partial charge in [-0.1, -0.05) is 0 Å². The summed E-state index contributed by atoms with van der Waals surface area (Å²) in [5.74, 6) is -104. The number of carbonyl (C=O) groups is 1. The standard InChI is InChI=1S/C18H13F25N2O2/c1-45(2,47)5-3-4-44-6(46)7(19,20)8(21,22)9(23,24)10(25,26)11(27,28)12(29,30)13(31,32)14(33,34)15(35,36)16(37,38)17(39,40)18(41,42)43/h3-5H2,1-2H3,(H,44,46). The van der Waals surface area contributed by atoms with Crippen LogP contribution >= 0.6 is 0 Å². The van der Waals surface area contributed by atoms with Crippen LogP contribution in [0.1, 0.15) is 6.42 Å². The van der Waals surface area contributed by atoms with Gasteiger partial charge in [-0.05, 0) is 0 Å². The molecule has 1 N–H and O–H groups in total. The van der Waals surface area contributed by atoms with Crippen LogP contribution in [-0.4, -0.2) is 109 Å². The topological polar surface area (TPSA) is 52.2 Å². The highest BCUT2D eigenvalue weighted by Crippen LogP contribution is 2.67. The van der Waals surface area contributed by atoms with Crippen molar-refractivity contribution in [3.63, 3.8) is 0 Å². The first kappa shape index (κ1) is 44.6. The van der Waals surface area contributed by atoms with E-state index in [9.17, 15) is 120 Å². The van der Waals surface area contributed by atoms with Gasteiger partial charge in [0.1, 0.15) is 0 Å². The van der Waals surface area contributed by atoms with Crippen molar-refractivity contribution in [2.75, 3.05) is 27.2 Å². The van der Waals surface area contributed by atoms with Crippen molar-refractivity contribution in [1.82, 2.24) is 5.32 Å². The monoisotopic (exact) mass is 764 g/mol. The number of alkyl halides is 25. The molecule has 0 aromatic rings. The average Bonchev–Trinajstić information content (AvgIpc) is 2.83. The van der Waals surface area contributed by atoms with E-state index in [2.05, 4.69) is 0 Å². The largest absolute Gasteiger partial charge is 0.633 e. The smallest absolute Gasteiger partial charge is 0.460 e. The molecule has 0 unspecified atom stereocenters. The number of halogens is 25. The Bertz CT molecular complexity index is 1140. The van der Waals surface area contributed by atoms with Gasteiger partial charge in [-0.15, -0.1) is 0 Å². The third-order valence-corrected chi connectivity index (χ3v) is 5.74. The van der Waals surface area contributed by atoms with Crippen molar-refractivity contribution >= 4 is 5.91 Å². The van der Waals surface area contributed by atoms with E-state index in [0.717, 1.165) is 14.1 Å². The van der Waals surface area contributed by atoms with Gasteiger partial charge in [-0.2, -0.15) is 110 Å². The number of rotatable bonds is 15. The fraction of sp³-hybridized carbons (Fsp3) is 0.944. The van der Waals surface area contributed by atoms with Gasteiger partial charge >= 0.3 is 71.3 Å². The second kappa shape index (κ2) is 11.6. The van der Waals surface area contributed by atoms with Crippen LogP contribution in [0.3, 0.4) is 0 Å². The van der Waals surface area contributed by atoms with E-state index in [1.54, 1.807) is 0 Å². The SMILES string of the molecule is C[N+](C)([O-])CCCNC(=O)C(F)(F)C(F)(F)C(F)(F)C(F)(F)C(F)(F)C(F)(F)C(F)(F)C(F)(F)C(F)(F)C(F)(F)C(F)(F)C(F)(F)F. The highest BCUT2D eigenvalue weighted by atomic mass is 19.4. The molecule has 282 valence electrons. The highest BCUT2D eigenvalue weighted by molar-refractivity contribution is 5.84. The predicted octanol–water partition coefficient (Wildman–Crippen LogP) is 7.62. The Hall–Kier alpha value is -2.36. The van der Waals surface area contributed by atoms with Gasteiger partial charge in [0.2, 0.25) is 0 Å². The van der Waals surface area contributed by atoms with Crippen LogP contribution < -0.4 is 5.32 Å². The van der Waals surface area contributed by atoms with Gasteiger partial charge in [0, 0.05) is 13.0 Å². The quantitative estimate of drug-likeness (QED) is 0.0809. The second-order valence-electron chi connectivity index (χ2n) is 9.72. The molecule has 0 fully saturated rings. The van der Waals surface area contributed by atoms with Gasteiger partial charge in [-0.3, -0.25) is 4.79 Å². The number of hydroxylamine groups is 3. The van der Waals surface area contributed by atoms with Crippen LogP contribution in [0.15, 0.2) is 0 Å². The molecule has 0 atom stereocenters. The van der Waals surface area contributed by atoms with Crippen molar-refractivity contribution in [2.24, 2.45) is 0 Å². The van der Waals surface area contributed by atoms with Crippen LogP contribution in [-0.2, 0) is 4.79 Å². The summed E-state index contributed by atoms with van der Waals surface area (Å²) in [7, 11) is 1.63. The third-order valence-electron chi connectivity index (χ3n) is 5.74. The zero-order valence-electron chi connectivity index (χ0n) is 21.8. The molecule has 29 heteroatoms. The van der Waals surface area contributed by atoms with E-state index < -0.39 is 101 Å². The molecule has 0 radical (unpaired) electrons. The summed E-state index contributed by atoms with van der Waals surface area (Å²) in [5, 5.41) is 11.8. The van der Waals surface area contributed by atoms with Gasteiger partial charge in [0.15, 0.2) is 0 Å². The summed E-state index contributed by atoms with van der Waals surface area (Å²) in [6.45, 7) is -2.16. The maximum Gasteiger partial charge on any atom is 0.460 e. The molecule has 0 rings (SSSR count). The van der Waals surface area contributed by atoms with Crippen LogP contribution in [0.5, 0.6) is 0 Å². The van der Waals surface area contributed by atoms with E-state index in [1.807, 2.05) is 0 Å². The Balaban J connectivity index is 7.07. The van der Waals surface area contributed by atoms with E-state index in [0.29, 0.717) is 5.32 Å². The zero-order chi connectivity index (χ0) is 38.9. The fourth-order valence-corrected chi connectivity index (χ4v) is 2.87. The number of hydrogen-bond acceptors (Lipinski definition) is 2. The first-order valence-electron chi connectivity index (χ1n) is 10.9. The van der Waals surface area contributed by atoms with Crippen molar-refractivity contribution in [1.29, 1.82) is 0 Å². The van der Waals surface area contributed by atoms with Crippen LogP contribution in [0.4, 0.5) is 110 Å². The number of nitrogens with zero attached hydrogens (tertiary/aromatic N) is 1. The first-order valence-corrected chi connectivity index (χ1v) is 10.9. The molecular formula is C18H13F25N2O2. The lowest BCUT2D eigenvalue weighted by Crippen LogP contribution is -2.78. The minimum absolute atomic E-state index is 0.545. The second-order valence-corrected chi connectivity index (χ2v) is 9.72. The molecule has 0 aliphatic heterocycles. The van der Waals surface area contributed by atoms with Crippen molar-refractivity contribution in [3.05, 3.63) is 5.21 Å². The van der Waals surface area contributed by atoms with Crippen molar-refractivity contribution in [3.8, 4) is 0 Å². The molecule has 0 spiro atoms. The molecule has 0 aliphatic rings. The Morgan fingerprint density at radius 1 is 0.468 bits per heavy atom. The maximum atomic E-state index is 13.9. The first-order chi connectivity index (χ1) is 19.9. The number of quaternary nitrogens is 1. The summed E-state index contributed by atoms with van der Waals surface area (Å²) >= 11 is 0. The molecule has 0 aliphatic carbocycles. The average molecular weight is 764 g/mol. The lowest BCUT2D eigenvalue weighted by Gasteiger charge is -2.45. The number of hydrogen-bond donors (Lipinski definition) is 1. The van der Waals surface area contributed by atoms with Gasteiger partial charge in [0.25, 0.3) is 5.91 Å². The molecule has 0 aromatic heterocycles. The number of carbonyl (C=O) groups excluding carboxylic acids is 1. The van der Waals surface area contributed by atoms with Crippen LogP contribution in [0.2, 0.25) is 0 Å². The van der Waals surface area contributed by atoms with Crippen molar-refractivity contribution < 1.29 is 119 Å². The molecule has 0 aromatic carbocycles. The van der Waals surface area contributed by atoms with Crippen molar-refractivity contribution in [2.45, 2.75) is 77.7 Å². The number of amides is 1. The van der Waals surface area contributed by atoms with Gasteiger partial charge in [0.05, 0.1) is 20.6 Å². The lowest BCUT2D eigenvalue weighted by atomic mass is 9.84. The lowest BCUT2D eigenvalue weighted by molar-refractivity contribution is -0.840. The maximum absolute atomic E-state index is 13.9. The fourth-order valence-electron chi connectivity index (χ4n) is 2.87. The molecule has 0 bridgehead atoms. The molecule has 0 saturated carbocycles. The normalized spacial score (nSPS) is 16.4.